The second-order valence-corrected chi connectivity index (χ2v) is 7.01. The van der Waals surface area contributed by atoms with Crippen LogP contribution in [-0.4, -0.2) is 5.91 Å². The number of carbonyl (C=O) groups is 1. The molecular weight excluding hydrogens is 326 g/mol. The molecule has 2 aromatic rings. The molecule has 0 atom stereocenters. The van der Waals surface area contributed by atoms with E-state index in [1.54, 1.807) is 0 Å². The molecule has 2 rings (SSSR count). The van der Waals surface area contributed by atoms with Crippen molar-refractivity contribution in [2.45, 2.75) is 33.1 Å². The lowest BCUT2D eigenvalue weighted by molar-refractivity contribution is 0.102. The fourth-order valence-electron chi connectivity index (χ4n) is 2.06. The number of amides is 1. The Morgan fingerprint density at radius 1 is 1.05 bits per heavy atom. The fraction of sp³-hybridized carbons (Fsp3) is 0.278. The number of hydrogen-bond donors (Lipinski definition) is 1. The second kappa shape index (κ2) is 6.02. The van der Waals surface area contributed by atoms with Crippen molar-refractivity contribution in [1.82, 2.24) is 0 Å². The van der Waals surface area contributed by atoms with Crippen LogP contribution in [0.1, 0.15) is 42.3 Å². The zero-order chi connectivity index (χ0) is 15.6. The van der Waals surface area contributed by atoms with E-state index < -0.39 is 0 Å². The van der Waals surface area contributed by atoms with Gasteiger partial charge in [0.25, 0.3) is 5.91 Å². The molecule has 0 aliphatic heterocycles. The van der Waals surface area contributed by atoms with Gasteiger partial charge in [0, 0.05) is 10.0 Å². The molecular formula is C18H20BrNO. The summed E-state index contributed by atoms with van der Waals surface area (Å²) in [6.07, 6.45) is 0. The zero-order valence-electron chi connectivity index (χ0n) is 12.8. The van der Waals surface area contributed by atoms with Gasteiger partial charge in [0.2, 0.25) is 0 Å². The number of benzene rings is 2. The topological polar surface area (TPSA) is 29.1 Å². The first kappa shape index (κ1) is 15.8. The molecule has 0 saturated heterocycles. The third kappa shape index (κ3) is 3.73. The van der Waals surface area contributed by atoms with Gasteiger partial charge in [-0.3, -0.25) is 4.79 Å². The molecule has 1 amide bonds. The summed E-state index contributed by atoms with van der Waals surface area (Å²) in [5.74, 6) is -0.0956. The van der Waals surface area contributed by atoms with Gasteiger partial charge in [0.1, 0.15) is 0 Å². The Balaban J connectivity index is 2.19. The predicted molar refractivity (Wildman–Crippen MR) is 92.0 cm³/mol. The second-order valence-electron chi connectivity index (χ2n) is 6.22. The molecule has 0 saturated carbocycles. The van der Waals surface area contributed by atoms with E-state index in [9.17, 15) is 4.79 Å². The van der Waals surface area contributed by atoms with Crippen molar-refractivity contribution >= 4 is 27.5 Å². The number of anilines is 1. The minimum atomic E-state index is -0.0956. The normalized spacial score (nSPS) is 11.3. The molecule has 0 aromatic heterocycles. The van der Waals surface area contributed by atoms with Gasteiger partial charge in [0.15, 0.2) is 0 Å². The van der Waals surface area contributed by atoms with Crippen molar-refractivity contribution in [3.63, 3.8) is 0 Å². The van der Waals surface area contributed by atoms with Gasteiger partial charge < -0.3 is 5.32 Å². The van der Waals surface area contributed by atoms with Crippen LogP contribution in [0.15, 0.2) is 46.9 Å². The quantitative estimate of drug-likeness (QED) is 0.785. The Hall–Kier alpha value is -1.61. The highest BCUT2D eigenvalue weighted by atomic mass is 79.9. The van der Waals surface area contributed by atoms with E-state index in [1.807, 2.05) is 49.4 Å². The lowest BCUT2D eigenvalue weighted by Gasteiger charge is -2.19. The fourth-order valence-corrected chi connectivity index (χ4v) is 2.42. The van der Waals surface area contributed by atoms with Crippen molar-refractivity contribution in [1.29, 1.82) is 0 Å². The van der Waals surface area contributed by atoms with Crippen molar-refractivity contribution in [2.75, 3.05) is 5.32 Å². The summed E-state index contributed by atoms with van der Waals surface area (Å²) >= 11 is 3.50. The van der Waals surface area contributed by atoms with E-state index in [-0.39, 0.29) is 11.3 Å². The van der Waals surface area contributed by atoms with Crippen LogP contribution in [0.5, 0.6) is 0 Å². The number of rotatable bonds is 2. The minimum absolute atomic E-state index is 0.0918. The maximum Gasteiger partial charge on any atom is 0.255 e. The van der Waals surface area contributed by atoms with E-state index in [0.29, 0.717) is 5.56 Å². The molecule has 0 radical (unpaired) electrons. The van der Waals surface area contributed by atoms with E-state index in [0.717, 1.165) is 15.7 Å². The van der Waals surface area contributed by atoms with Crippen LogP contribution < -0.4 is 5.32 Å². The number of carbonyl (C=O) groups excluding carboxylic acids is 1. The van der Waals surface area contributed by atoms with E-state index in [1.165, 1.54) is 5.56 Å². The van der Waals surface area contributed by atoms with Crippen LogP contribution >= 0.6 is 15.9 Å². The number of halogens is 1. The molecule has 3 heteroatoms. The van der Waals surface area contributed by atoms with E-state index in [2.05, 4.69) is 42.0 Å². The van der Waals surface area contributed by atoms with Crippen molar-refractivity contribution in [3.05, 3.63) is 63.6 Å². The maximum absolute atomic E-state index is 12.3. The summed E-state index contributed by atoms with van der Waals surface area (Å²) in [6, 6.07) is 13.6. The van der Waals surface area contributed by atoms with Gasteiger partial charge >= 0.3 is 0 Å². The summed E-state index contributed by atoms with van der Waals surface area (Å²) in [4.78, 5) is 12.3. The number of nitrogens with one attached hydrogen (secondary N) is 1. The highest BCUT2D eigenvalue weighted by molar-refractivity contribution is 9.10. The third-order valence-corrected chi connectivity index (χ3v) is 4.51. The summed E-state index contributed by atoms with van der Waals surface area (Å²) in [5, 5.41) is 2.94. The molecule has 0 fully saturated rings. The Labute approximate surface area is 134 Å². The van der Waals surface area contributed by atoms with E-state index in [4.69, 9.17) is 0 Å². The van der Waals surface area contributed by atoms with Crippen molar-refractivity contribution < 1.29 is 4.79 Å². The monoisotopic (exact) mass is 345 g/mol. The summed E-state index contributed by atoms with van der Waals surface area (Å²) in [5.41, 5.74) is 3.86. The smallest absolute Gasteiger partial charge is 0.255 e. The highest BCUT2D eigenvalue weighted by Gasteiger charge is 2.14. The molecule has 2 nitrogen and oxygen atoms in total. The van der Waals surface area contributed by atoms with E-state index >= 15 is 0 Å². The average molecular weight is 346 g/mol. The van der Waals surface area contributed by atoms with Crippen LogP contribution in [0.25, 0.3) is 0 Å². The zero-order valence-corrected chi connectivity index (χ0v) is 14.4. The Kier molecular flexibility index (Phi) is 4.52. The van der Waals surface area contributed by atoms with Gasteiger partial charge in [-0.15, -0.1) is 0 Å². The van der Waals surface area contributed by atoms with Gasteiger partial charge in [-0.2, -0.15) is 0 Å². The standard InChI is InChI=1S/C18H20BrNO/c1-12-6-5-7-15(16(12)19)20-17(21)13-8-10-14(11-9-13)18(2,3)4/h5-11H,1-4H3,(H,20,21). The molecule has 0 spiro atoms. The van der Waals surface area contributed by atoms with Gasteiger partial charge in [-0.25, -0.2) is 0 Å². The summed E-state index contributed by atoms with van der Waals surface area (Å²) in [7, 11) is 0. The first-order valence-electron chi connectivity index (χ1n) is 6.96. The largest absolute Gasteiger partial charge is 0.321 e. The van der Waals surface area contributed by atoms with Gasteiger partial charge in [0.05, 0.1) is 5.69 Å². The van der Waals surface area contributed by atoms with Crippen LogP contribution in [0.3, 0.4) is 0 Å². The Bertz CT molecular complexity index is 654. The van der Waals surface area contributed by atoms with Crippen LogP contribution in [0, 0.1) is 6.92 Å². The maximum atomic E-state index is 12.3. The first-order valence-corrected chi connectivity index (χ1v) is 7.75. The van der Waals surface area contributed by atoms with Crippen LogP contribution in [0.4, 0.5) is 5.69 Å². The van der Waals surface area contributed by atoms with Gasteiger partial charge in [-0.05, 0) is 57.6 Å². The highest BCUT2D eigenvalue weighted by Crippen LogP contribution is 2.26. The lowest BCUT2D eigenvalue weighted by atomic mass is 9.87. The number of hydrogen-bond acceptors (Lipinski definition) is 1. The Morgan fingerprint density at radius 3 is 2.24 bits per heavy atom. The summed E-state index contributed by atoms with van der Waals surface area (Å²) < 4.78 is 0.921. The molecule has 110 valence electrons. The molecule has 0 aliphatic carbocycles. The van der Waals surface area contributed by atoms with Crippen LogP contribution in [-0.2, 0) is 5.41 Å². The molecule has 0 bridgehead atoms. The third-order valence-electron chi connectivity index (χ3n) is 3.45. The molecule has 0 unspecified atom stereocenters. The SMILES string of the molecule is Cc1cccc(NC(=O)c2ccc(C(C)(C)C)cc2)c1Br. The Morgan fingerprint density at radius 2 is 1.67 bits per heavy atom. The summed E-state index contributed by atoms with van der Waals surface area (Å²) in [6.45, 7) is 8.47. The molecule has 0 aliphatic rings. The van der Waals surface area contributed by atoms with Crippen molar-refractivity contribution in [2.24, 2.45) is 0 Å². The van der Waals surface area contributed by atoms with Crippen LogP contribution in [0.2, 0.25) is 0 Å². The first-order chi connectivity index (χ1) is 9.79. The number of aryl methyl sites for hydroxylation is 1. The molecule has 21 heavy (non-hydrogen) atoms. The predicted octanol–water partition coefficient (Wildman–Crippen LogP) is 5.31. The molecule has 2 aromatic carbocycles. The molecule has 1 N–H and O–H groups in total. The minimum Gasteiger partial charge on any atom is -0.321 e. The lowest BCUT2D eigenvalue weighted by Crippen LogP contribution is -2.14. The molecule has 0 heterocycles. The van der Waals surface area contributed by atoms with Crippen molar-refractivity contribution in [3.8, 4) is 0 Å². The average Bonchev–Trinajstić information content (AvgIpc) is 2.43. The van der Waals surface area contributed by atoms with Gasteiger partial charge in [-0.1, -0.05) is 45.0 Å².